The first kappa shape index (κ1) is 9.21. The number of rotatable bonds is 4. The molecule has 58 valence electrons. The topological polar surface area (TPSA) is 15.6 Å². The Labute approximate surface area is 63.2 Å². The molecule has 0 aromatic rings. The van der Waals surface area contributed by atoms with Crippen LogP contribution in [0.4, 0.5) is 0 Å². The summed E-state index contributed by atoms with van der Waals surface area (Å²) in [4.78, 5) is 0. The summed E-state index contributed by atoms with van der Waals surface area (Å²) in [5.74, 6) is 0. The number of hydrogen-bond donors (Lipinski definition) is 0. The van der Waals surface area contributed by atoms with E-state index in [2.05, 4.69) is 18.1 Å². The lowest BCUT2D eigenvalue weighted by Crippen LogP contribution is -2.00. The van der Waals surface area contributed by atoms with E-state index in [1.807, 2.05) is 20.2 Å². The minimum Gasteiger partial charge on any atom is -0.303 e. The maximum absolute atomic E-state index is 4.02. The van der Waals surface area contributed by atoms with E-state index >= 15 is 0 Å². The summed E-state index contributed by atoms with van der Waals surface area (Å²) < 4.78 is 0. The van der Waals surface area contributed by atoms with E-state index in [4.69, 9.17) is 0 Å². The van der Waals surface area contributed by atoms with Crippen molar-refractivity contribution in [2.45, 2.75) is 19.8 Å². The van der Waals surface area contributed by atoms with Gasteiger partial charge in [-0.15, -0.1) is 0 Å². The summed E-state index contributed by atoms with van der Waals surface area (Å²) in [6.45, 7) is 2.16. The highest BCUT2D eigenvalue weighted by Gasteiger charge is 1.72. The van der Waals surface area contributed by atoms with E-state index in [9.17, 15) is 0 Å². The summed E-state index contributed by atoms with van der Waals surface area (Å²) in [5.41, 5.74) is 0. The minimum absolute atomic E-state index is 1.14. The van der Waals surface area contributed by atoms with Crippen molar-refractivity contribution in [3.8, 4) is 0 Å². The molecular weight excluding hydrogens is 124 g/mol. The summed E-state index contributed by atoms with van der Waals surface area (Å²) in [6, 6.07) is 0. The first-order chi connectivity index (χ1) is 4.77. The zero-order chi connectivity index (χ0) is 7.82. The average molecular weight is 140 g/mol. The Morgan fingerprint density at radius 1 is 1.40 bits per heavy atom. The molecule has 0 bridgehead atoms. The lowest BCUT2D eigenvalue weighted by Gasteiger charge is -1.99. The summed E-state index contributed by atoms with van der Waals surface area (Å²) in [6.07, 6.45) is 8.23. The second-order valence-electron chi connectivity index (χ2n) is 2.33. The Kier molecular flexibility index (Phi) is 5.83. The molecule has 0 saturated heterocycles. The number of allylic oxidation sites excluding steroid dienone is 2. The monoisotopic (exact) mass is 140 g/mol. The van der Waals surface area contributed by atoms with Crippen LogP contribution < -0.4 is 0 Å². The fourth-order valence-electron chi connectivity index (χ4n) is 0.496. The van der Waals surface area contributed by atoms with Gasteiger partial charge in [0.15, 0.2) is 0 Å². The van der Waals surface area contributed by atoms with Crippen molar-refractivity contribution in [2.24, 2.45) is 5.10 Å². The minimum atomic E-state index is 1.14. The van der Waals surface area contributed by atoms with Crippen LogP contribution in [0.2, 0.25) is 0 Å². The first-order valence-electron chi connectivity index (χ1n) is 3.63. The zero-order valence-electron chi connectivity index (χ0n) is 7.04. The smallest absolute Gasteiger partial charge is 0.0467 e. The highest BCUT2D eigenvalue weighted by Crippen LogP contribution is 1.86. The third kappa shape index (κ3) is 7.21. The van der Waals surface area contributed by atoms with Crippen molar-refractivity contribution in [1.82, 2.24) is 5.01 Å². The van der Waals surface area contributed by atoms with Gasteiger partial charge in [-0.25, -0.2) is 0 Å². The van der Waals surface area contributed by atoms with E-state index in [0.29, 0.717) is 0 Å². The molecule has 2 nitrogen and oxygen atoms in total. The molecule has 10 heavy (non-hydrogen) atoms. The standard InChI is InChI=1S/C8H16N2/c1-4-5-6-7-8-9-10(2)3/h6-8H,4-5H2,1-3H3/b7-6+,9-8-. The third-order valence-corrected chi connectivity index (χ3v) is 0.975. The van der Waals surface area contributed by atoms with E-state index in [1.165, 1.54) is 6.42 Å². The van der Waals surface area contributed by atoms with Crippen molar-refractivity contribution in [3.63, 3.8) is 0 Å². The van der Waals surface area contributed by atoms with E-state index in [-0.39, 0.29) is 0 Å². The van der Waals surface area contributed by atoms with E-state index in [1.54, 1.807) is 11.2 Å². The molecule has 0 aliphatic rings. The quantitative estimate of drug-likeness (QED) is 0.430. The molecule has 0 saturated carbocycles. The van der Waals surface area contributed by atoms with Crippen LogP contribution in [-0.2, 0) is 0 Å². The normalized spacial score (nSPS) is 11.5. The zero-order valence-corrected chi connectivity index (χ0v) is 7.04. The molecule has 0 rings (SSSR count). The maximum Gasteiger partial charge on any atom is 0.0467 e. The van der Waals surface area contributed by atoms with Crippen LogP contribution in [0.15, 0.2) is 17.3 Å². The largest absolute Gasteiger partial charge is 0.303 e. The summed E-state index contributed by atoms with van der Waals surface area (Å²) in [7, 11) is 3.81. The predicted molar refractivity (Wildman–Crippen MR) is 46.2 cm³/mol. The van der Waals surface area contributed by atoms with Gasteiger partial charge in [0.05, 0.1) is 0 Å². The fourth-order valence-corrected chi connectivity index (χ4v) is 0.496. The second-order valence-corrected chi connectivity index (χ2v) is 2.33. The van der Waals surface area contributed by atoms with Gasteiger partial charge in [-0.3, -0.25) is 0 Å². The fraction of sp³-hybridized carbons (Fsp3) is 0.625. The number of nitrogens with zero attached hydrogens (tertiary/aromatic N) is 2. The summed E-state index contributed by atoms with van der Waals surface area (Å²) in [5, 5.41) is 5.79. The van der Waals surface area contributed by atoms with Gasteiger partial charge in [0.2, 0.25) is 0 Å². The third-order valence-electron chi connectivity index (χ3n) is 0.975. The predicted octanol–water partition coefficient (Wildman–Crippen LogP) is 1.89. The van der Waals surface area contributed by atoms with Crippen LogP contribution in [0.25, 0.3) is 0 Å². The molecule has 0 aliphatic heterocycles. The van der Waals surface area contributed by atoms with Crippen molar-refractivity contribution < 1.29 is 0 Å². The van der Waals surface area contributed by atoms with Gasteiger partial charge < -0.3 is 5.01 Å². The lowest BCUT2D eigenvalue weighted by molar-refractivity contribution is 0.440. The van der Waals surface area contributed by atoms with Gasteiger partial charge in [0.25, 0.3) is 0 Å². The van der Waals surface area contributed by atoms with Crippen molar-refractivity contribution >= 4 is 6.21 Å². The molecule has 0 aromatic carbocycles. The Bertz CT molecular complexity index is 114. The maximum atomic E-state index is 4.02. The molecule has 0 aromatic heterocycles. The van der Waals surface area contributed by atoms with Crippen LogP contribution in [0.1, 0.15) is 19.8 Å². The van der Waals surface area contributed by atoms with Crippen molar-refractivity contribution in [1.29, 1.82) is 0 Å². The highest BCUT2D eigenvalue weighted by molar-refractivity contribution is 5.70. The van der Waals surface area contributed by atoms with Gasteiger partial charge in [-0.2, -0.15) is 5.10 Å². The van der Waals surface area contributed by atoms with Crippen LogP contribution in [0.5, 0.6) is 0 Å². The first-order valence-corrected chi connectivity index (χ1v) is 3.63. The molecule has 0 radical (unpaired) electrons. The molecule has 0 atom stereocenters. The van der Waals surface area contributed by atoms with Gasteiger partial charge in [-0.05, 0) is 12.5 Å². The molecule has 0 unspecified atom stereocenters. The lowest BCUT2D eigenvalue weighted by atomic mass is 10.3. The average Bonchev–Trinajstić information content (AvgIpc) is 1.87. The molecule has 0 fully saturated rings. The molecule has 2 heteroatoms. The van der Waals surface area contributed by atoms with Crippen molar-refractivity contribution in [2.75, 3.05) is 14.1 Å². The molecule has 0 aliphatic carbocycles. The van der Waals surface area contributed by atoms with Crippen molar-refractivity contribution in [3.05, 3.63) is 12.2 Å². The molecule has 0 N–H and O–H groups in total. The van der Waals surface area contributed by atoms with Crippen LogP contribution >= 0.6 is 0 Å². The van der Waals surface area contributed by atoms with Crippen LogP contribution in [0.3, 0.4) is 0 Å². The number of hydrogen-bond acceptors (Lipinski definition) is 2. The Hall–Kier alpha value is -0.790. The van der Waals surface area contributed by atoms with Gasteiger partial charge in [0, 0.05) is 20.3 Å². The number of hydrazone groups is 1. The second kappa shape index (κ2) is 6.33. The number of unbranched alkanes of at least 4 members (excludes halogenated alkanes) is 1. The van der Waals surface area contributed by atoms with Crippen LogP contribution in [0, 0.1) is 0 Å². The molecule has 0 heterocycles. The molecule has 0 spiro atoms. The molecular formula is C8H16N2. The molecule has 0 amide bonds. The Balaban J connectivity index is 3.32. The highest BCUT2D eigenvalue weighted by atomic mass is 15.4. The van der Waals surface area contributed by atoms with Gasteiger partial charge >= 0.3 is 0 Å². The Morgan fingerprint density at radius 2 is 2.10 bits per heavy atom. The van der Waals surface area contributed by atoms with E-state index in [0.717, 1.165) is 6.42 Å². The van der Waals surface area contributed by atoms with Gasteiger partial charge in [-0.1, -0.05) is 19.4 Å². The van der Waals surface area contributed by atoms with E-state index < -0.39 is 0 Å². The van der Waals surface area contributed by atoms with Crippen LogP contribution in [-0.4, -0.2) is 25.3 Å². The van der Waals surface area contributed by atoms with Gasteiger partial charge in [0.1, 0.15) is 0 Å². The summed E-state index contributed by atoms with van der Waals surface area (Å²) >= 11 is 0. The Morgan fingerprint density at radius 3 is 2.60 bits per heavy atom. The SMILES string of the molecule is CCC/C=C/C=N\N(C)C.